The van der Waals surface area contributed by atoms with Gasteiger partial charge in [-0.2, -0.15) is 0 Å². The highest BCUT2D eigenvalue weighted by Gasteiger charge is 2.31. The van der Waals surface area contributed by atoms with Gasteiger partial charge in [0.05, 0.1) is 12.2 Å². The molecular weight excluding hydrogens is 388 g/mol. The second kappa shape index (κ2) is 8.21. The molecule has 2 aliphatic rings. The summed E-state index contributed by atoms with van der Waals surface area (Å²) in [5.74, 6) is -0.234. The Morgan fingerprint density at radius 2 is 2.07 bits per heavy atom. The number of benzene rings is 1. The molecule has 2 aromatic rings. The number of ether oxygens (including phenoxy) is 1. The van der Waals surface area contributed by atoms with E-state index in [1.54, 1.807) is 11.3 Å². The fourth-order valence-corrected chi connectivity index (χ4v) is 6.00. The van der Waals surface area contributed by atoms with Gasteiger partial charge in [0.25, 0.3) is 0 Å². The smallest absolute Gasteiger partial charge is 0.341 e. The van der Waals surface area contributed by atoms with E-state index < -0.39 is 0 Å². The van der Waals surface area contributed by atoms with Crippen molar-refractivity contribution < 1.29 is 9.53 Å². The Morgan fingerprint density at radius 1 is 1.29 bits per heavy atom. The van der Waals surface area contributed by atoms with Crippen molar-refractivity contribution in [3.8, 4) is 0 Å². The van der Waals surface area contributed by atoms with Gasteiger partial charge in [0.15, 0.2) is 5.11 Å². The predicted octanol–water partition coefficient (Wildman–Crippen LogP) is 5.34. The summed E-state index contributed by atoms with van der Waals surface area (Å²) in [4.78, 5) is 16.2. The van der Waals surface area contributed by atoms with Gasteiger partial charge in [-0.05, 0) is 75.4 Å². The molecule has 2 heterocycles. The topological polar surface area (TPSA) is 41.6 Å². The van der Waals surface area contributed by atoms with Crippen LogP contribution >= 0.6 is 23.6 Å². The highest BCUT2D eigenvalue weighted by Crippen LogP contribution is 2.39. The van der Waals surface area contributed by atoms with Crippen molar-refractivity contribution in [1.82, 2.24) is 0 Å². The number of esters is 1. The van der Waals surface area contributed by atoms with Crippen LogP contribution in [0.5, 0.6) is 0 Å². The van der Waals surface area contributed by atoms with Gasteiger partial charge in [0.2, 0.25) is 0 Å². The van der Waals surface area contributed by atoms with Gasteiger partial charge in [-0.15, -0.1) is 11.3 Å². The Labute approximate surface area is 175 Å². The molecule has 1 unspecified atom stereocenters. The van der Waals surface area contributed by atoms with Gasteiger partial charge in [-0.3, -0.25) is 0 Å². The number of para-hydroxylation sites is 1. The third kappa shape index (κ3) is 3.55. The SMILES string of the molecule is CCOC(=O)c1c(NC(=S)N2c3ccccc3CC2C)sc2c1CCCCC2. The van der Waals surface area contributed by atoms with Gasteiger partial charge < -0.3 is 15.0 Å². The number of hydrogen-bond acceptors (Lipinski definition) is 4. The van der Waals surface area contributed by atoms with E-state index in [9.17, 15) is 4.79 Å². The number of thiophene rings is 1. The van der Waals surface area contributed by atoms with Crippen molar-refractivity contribution in [3.63, 3.8) is 0 Å². The average molecular weight is 415 g/mol. The first-order valence-electron chi connectivity index (χ1n) is 10.1. The number of hydrogen-bond donors (Lipinski definition) is 1. The molecule has 0 saturated heterocycles. The molecule has 148 valence electrons. The molecule has 0 amide bonds. The minimum Gasteiger partial charge on any atom is -0.462 e. The van der Waals surface area contributed by atoms with Crippen LogP contribution in [-0.2, 0) is 24.0 Å². The Bertz CT molecular complexity index is 906. The maximum absolute atomic E-state index is 12.8. The van der Waals surface area contributed by atoms with Crippen molar-refractivity contribution in [2.75, 3.05) is 16.8 Å². The second-order valence-corrected chi connectivity index (χ2v) is 8.96. The van der Waals surface area contributed by atoms with E-state index >= 15 is 0 Å². The van der Waals surface area contributed by atoms with E-state index in [1.165, 1.54) is 28.8 Å². The lowest BCUT2D eigenvalue weighted by Crippen LogP contribution is -2.39. The number of fused-ring (bicyclic) bond motifs is 2. The summed E-state index contributed by atoms with van der Waals surface area (Å²) in [6, 6.07) is 8.68. The minimum absolute atomic E-state index is 0.234. The first kappa shape index (κ1) is 19.4. The number of thiocarbonyl (C=S) groups is 1. The number of nitrogens with one attached hydrogen (secondary N) is 1. The van der Waals surface area contributed by atoms with Crippen LogP contribution in [0, 0.1) is 0 Å². The number of carbonyl (C=O) groups excluding carboxylic acids is 1. The molecule has 6 heteroatoms. The number of anilines is 2. The quantitative estimate of drug-likeness (QED) is 0.417. The van der Waals surface area contributed by atoms with Gasteiger partial charge in [0.1, 0.15) is 5.00 Å². The van der Waals surface area contributed by atoms with Gasteiger partial charge >= 0.3 is 5.97 Å². The summed E-state index contributed by atoms with van der Waals surface area (Å²) >= 11 is 7.47. The summed E-state index contributed by atoms with van der Waals surface area (Å²) in [5, 5.41) is 4.91. The average Bonchev–Trinajstić information content (AvgIpc) is 3.09. The molecule has 1 N–H and O–H groups in total. The zero-order chi connectivity index (χ0) is 19.7. The fraction of sp³-hybridized carbons (Fsp3) is 0.455. The number of rotatable bonds is 3. The van der Waals surface area contributed by atoms with Crippen molar-refractivity contribution in [1.29, 1.82) is 0 Å². The minimum atomic E-state index is -0.234. The van der Waals surface area contributed by atoms with E-state index in [0.29, 0.717) is 23.3 Å². The zero-order valence-corrected chi connectivity index (χ0v) is 18.0. The molecule has 1 atom stereocenters. The van der Waals surface area contributed by atoms with Crippen LogP contribution in [0.4, 0.5) is 10.7 Å². The molecule has 0 saturated carbocycles. The monoisotopic (exact) mass is 414 g/mol. The van der Waals surface area contributed by atoms with Gasteiger partial charge in [-0.25, -0.2) is 4.79 Å². The lowest BCUT2D eigenvalue weighted by Gasteiger charge is -2.26. The maximum atomic E-state index is 12.8. The lowest BCUT2D eigenvalue weighted by molar-refractivity contribution is 0.0527. The number of nitrogens with zero attached hydrogens (tertiary/aromatic N) is 1. The molecule has 0 fully saturated rings. The van der Waals surface area contributed by atoms with E-state index in [4.69, 9.17) is 17.0 Å². The van der Waals surface area contributed by atoms with Crippen LogP contribution in [0.1, 0.15) is 59.5 Å². The summed E-state index contributed by atoms with van der Waals surface area (Å²) in [6.07, 6.45) is 6.46. The first-order valence-corrected chi connectivity index (χ1v) is 11.3. The Balaban J connectivity index is 1.66. The molecule has 1 aliphatic heterocycles. The first-order chi connectivity index (χ1) is 13.6. The standard InChI is InChI=1S/C22H26N2O2S2/c1-3-26-21(25)19-16-10-5-4-6-12-18(16)28-20(19)23-22(27)24-14(2)13-15-9-7-8-11-17(15)24/h7-9,11,14H,3-6,10,12-13H2,1-2H3,(H,23,27). The molecule has 28 heavy (non-hydrogen) atoms. The van der Waals surface area contributed by atoms with Crippen LogP contribution in [0.3, 0.4) is 0 Å². The molecule has 0 spiro atoms. The van der Waals surface area contributed by atoms with Gasteiger partial charge in [0, 0.05) is 16.6 Å². The van der Waals surface area contributed by atoms with Gasteiger partial charge in [-0.1, -0.05) is 24.6 Å². The largest absolute Gasteiger partial charge is 0.462 e. The lowest BCUT2D eigenvalue weighted by atomic mass is 10.1. The maximum Gasteiger partial charge on any atom is 0.341 e. The van der Waals surface area contributed by atoms with Crippen LogP contribution in [0.15, 0.2) is 24.3 Å². The molecule has 0 radical (unpaired) electrons. The van der Waals surface area contributed by atoms with Crippen molar-refractivity contribution in [2.45, 2.75) is 58.4 Å². The highest BCUT2D eigenvalue weighted by molar-refractivity contribution is 7.80. The van der Waals surface area contributed by atoms with E-state index in [1.807, 2.05) is 13.0 Å². The van der Waals surface area contributed by atoms with Crippen LogP contribution < -0.4 is 10.2 Å². The van der Waals surface area contributed by atoms with E-state index in [-0.39, 0.29) is 5.97 Å². The molecular formula is C22H26N2O2S2. The third-order valence-electron chi connectivity index (χ3n) is 5.55. The Hall–Kier alpha value is -1.92. The van der Waals surface area contributed by atoms with Crippen LogP contribution in [0.2, 0.25) is 0 Å². The normalized spacial score (nSPS) is 18.2. The fourth-order valence-electron chi connectivity index (χ4n) is 4.28. The highest BCUT2D eigenvalue weighted by atomic mass is 32.1. The number of carbonyl (C=O) groups is 1. The summed E-state index contributed by atoms with van der Waals surface area (Å²) in [7, 11) is 0. The molecule has 1 aromatic heterocycles. The van der Waals surface area contributed by atoms with E-state index in [0.717, 1.165) is 36.4 Å². The predicted molar refractivity (Wildman–Crippen MR) is 120 cm³/mol. The van der Waals surface area contributed by atoms with Crippen LogP contribution in [0.25, 0.3) is 0 Å². The Morgan fingerprint density at radius 3 is 2.89 bits per heavy atom. The van der Waals surface area contributed by atoms with Crippen molar-refractivity contribution in [2.24, 2.45) is 0 Å². The van der Waals surface area contributed by atoms with Crippen LogP contribution in [-0.4, -0.2) is 23.7 Å². The zero-order valence-electron chi connectivity index (χ0n) is 16.4. The second-order valence-electron chi connectivity index (χ2n) is 7.47. The molecule has 4 rings (SSSR count). The summed E-state index contributed by atoms with van der Waals surface area (Å²) < 4.78 is 5.39. The number of aryl methyl sites for hydroxylation is 1. The third-order valence-corrected chi connectivity index (χ3v) is 7.05. The molecule has 0 bridgehead atoms. The Kier molecular flexibility index (Phi) is 5.69. The summed E-state index contributed by atoms with van der Waals surface area (Å²) in [5.41, 5.74) is 4.34. The molecule has 1 aromatic carbocycles. The summed E-state index contributed by atoms with van der Waals surface area (Å²) in [6.45, 7) is 4.41. The molecule has 1 aliphatic carbocycles. The van der Waals surface area contributed by atoms with E-state index in [2.05, 4.69) is 35.3 Å². The van der Waals surface area contributed by atoms with Crippen molar-refractivity contribution >= 4 is 45.3 Å². The van der Waals surface area contributed by atoms with Crippen molar-refractivity contribution in [3.05, 3.63) is 45.8 Å². The molecule has 4 nitrogen and oxygen atoms in total.